The topological polar surface area (TPSA) is 135 Å². The zero-order valence-corrected chi connectivity index (χ0v) is 14.6. The average Bonchev–Trinajstić information content (AvgIpc) is 3.26. The number of fused-ring (bicyclic) bond motifs is 1. The van der Waals surface area contributed by atoms with Crippen molar-refractivity contribution in [3.8, 4) is 11.9 Å². The lowest BCUT2D eigenvalue weighted by atomic mass is 10.1. The number of carbonyl (C=O) groups excluding carboxylic acids is 1. The lowest BCUT2D eigenvalue weighted by Gasteiger charge is -2.10. The first-order valence-corrected chi connectivity index (χ1v) is 8.36. The van der Waals surface area contributed by atoms with Crippen LogP contribution < -0.4 is 11.1 Å². The van der Waals surface area contributed by atoms with E-state index in [0.29, 0.717) is 0 Å². The highest BCUT2D eigenvalue weighted by molar-refractivity contribution is 5.96. The molecule has 1 aromatic carbocycles. The van der Waals surface area contributed by atoms with Crippen LogP contribution in [0.4, 0.5) is 5.82 Å². The number of amides is 1. The summed E-state index contributed by atoms with van der Waals surface area (Å²) in [5.41, 5.74) is 7.41. The number of pyridine rings is 1. The molecule has 0 saturated carbocycles. The van der Waals surface area contributed by atoms with Crippen LogP contribution in [0.5, 0.6) is 0 Å². The third-order valence-corrected chi connectivity index (χ3v) is 4.10. The molecule has 1 amide bonds. The maximum absolute atomic E-state index is 12.6. The van der Waals surface area contributed by atoms with E-state index in [0.717, 1.165) is 16.5 Å². The number of benzene rings is 1. The second-order valence-corrected chi connectivity index (χ2v) is 5.87. The number of rotatable bonds is 4. The monoisotopic (exact) mass is 370 g/mol. The van der Waals surface area contributed by atoms with Gasteiger partial charge in [0, 0.05) is 30.5 Å². The first-order chi connectivity index (χ1) is 13.7. The van der Waals surface area contributed by atoms with Crippen molar-refractivity contribution in [2.45, 2.75) is 6.54 Å². The van der Waals surface area contributed by atoms with E-state index in [9.17, 15) is 10.1 Å². The first-order valence-electron chi connectivity index (χ1n) is 8.36. The Hall–Kier alpha value is -4.32. The molecule has 4 aromatic rings. The van der Waals surface area contributed by atoms with E-state index in [2.05, 4.69) is 25.4 Å². The smallest absolute Gasteiger partial charge is 0.274 e. The molecule has 0 atom stereocenters. The molecule has 9 heteroatoms. The second kappa shape index (κ2) is 7.13. The molecular formula is C19H14N8O. The van der Waals surface area contributed by atoms with Gasteiger partial charge in [-0.15, -0.1) is 0 Å². The lowest BCUT2D eigenvalue weighted by Crippen LogP contribution is -2.26. The minimum absolute atomic E-state index is 0.0464. The van der Waals surface area contributed by atoms with Crippen molar-refractivity contribution in [3.63, 3.8) is 0 Å². The van der Waals surface area contributed by atoms with E-state index >= 15 is 0 Å². The summed E-state index contributed by atoms with van der Waals surface area (Å²) in [6.45, 7) is 0.233. The minimum atomic E-state index is -0.526. The molecule has 4 rings (SSSR count). The predicted octanol–water partition coefficient (Wildman–Crippen LogP) is 1.59. The Balaban J connectivity index is 1.61. The minimum Gasteiger partial charge on any atom is -0.382 e. The first kappa shape index (κ1) is 17.1. The highest BCUT2D eigenvalue weighted by Gasteiger charge is 2.19. The Morgan fingerprint density at radius 2 is 2.04 bits per heavy atom. The number of nitrogens with two attached hydrogens (primary N) is 1. The SMILES string of the molecule is N#Cc1nc(C(=O)NCc2cccc3cccnc23)c(N)nc1-n1cccn1. The van der Waals surface area contributed by atoms with E-state index in [-0.39, 0.29) is 29.6 Å². The predicted molar refractivity (Wildman–Crippen MR) is 101 cm³/mol. The van der Waals surface area contributed by atoms with Crippen molar-refractivity contribution in [2.24, 2.45) is 0 Å². The summed E-state index contributed by atoms with van der Waals surface area (Å²) in [5.74, 6) is -0.445. The maximum atomic E-state index is 12.6. The van der Waals surface area contributed by atoms with Crippen LogP contribution in [0.3, 0.4) is 0 Å². The molecule has 136 valence electrons. The van der Waals surface area contributed by atoms with Crippen molar-refractivity contribution in [1.29, 1.82) is 5.26 Å². The van der Waals surface area contributed by atoms with Crippen LogP contribution in [-0.2, 0) is 6.54 Å². The van der Waals surface area contributed by atoms with Crippen molar-refractivity contribution < 1.29 is 4.79 Å². The summed E-state index contributed by atoms with van der Waals surface area (Å²) < 4.78 is 1.37. The fraction of sp³-hybridized carbons (Fsp3) is 0.0526. The van der Waals surface area contributed by atoms with Gasteiger partial charge in [0.25, 0.3) is 5.91 Å². The largest absolute Gasteiger partial charge is 0.382 e. The van der Waals surface area contributed by atoms with Crippen LogP contribution in [0.15, 0.2) is 55.0 Å². The van der Waals surface area contributed by atoms with Gasteiger partial charge in [0.15, 0.2) is 23.0 Å². The standard InChI is InChI=1S/C19H14N8O/c20-10-14-18(27-9-3-8-24-27)26-17(21)16(25-14)19(28)23-11-13-5-1-4-12-6-2-7-22-15(12)13/h1-9H,11H2,(H2,21,26)(H,23,28). The molecule has 0 spiro atoms. The van der Waals surface area contributed by atoms with Crippen molar-refractivity contribution in [1.82, 2.24) is 30.0 Å². The molecule has 28 heavy (non-hydrogen) atoms. The highest BCUT2D eigenvalue weighted by Crippen LogP contribution is 2.17. The Kier molecular flexibility index (Phi) is 4.35. The van der Waals surface area contributed by atoms with E-state index in [1.807, 2.05) is 36.4 Å². The molecule has 0 saturated heterocycles. The molecule has 0 unspecified atom stereocenters. The van der Waals surface area contributed by atoms with Gasteiger partial charge < -0.3 is 11.1 Å². The summed E-state index contributed by atoms with van der Waals surface area (Å²) in [7, 11) is 0. The number of nitriles is 1. The highest BCUT2D eigenvalue weighted by atomic mass is 16.1. The van der Waals surface area contributed by atoms with Crippen LogP contribution in [0.25, 0.3) is 16.7 Å². The summed E-state index contributed by atoms with van der Waals surface area (Å²) in [6.07, 6.45) is 4.85. The number of hydrogen-bond acceptors (Lipinski definition) is 7. The van der Waals surface area contributed by atoms with Gasteiger partial charge in [-0.05, 0) is 17.7 Å². The quantitative estimate of drug-likeness (QED) is 0.557. The van der Waals surface area contributed by atoms with Crippen LogP contribution >= 0.6 is 0 Å². The van der Waals surface area contributed by atoms with E-state index in [1.54, 1.807) is 18.5 Å². The number of aromatic nitrogens is 5. The number of hydrogen-bond donors (Lipinski definition) is 2. The van der Waals surface area contributed by atoms with Crippen molar-refractivity contribution in [2.75, 3.05) is 5.73 Å². The van der Waals surface area contributed by atoms with Gasteiger partial charge in [-0.1, -0.05) is 24.3 Å². The Morgan fingerprint density at radius 1 is 1.18 bits per heavy atom. The Labute approximate surface area is 159 Å². The third-order valence-electron chi connectivity index (χ3n) is 4.10. The Morgan fingerprint density at radius 3 is 2.82 bits per heavy atom. The van der Waals surface area contributed by atoms with Gasteiger partial charge in [0.2, 0.25) is 0 Å². The molecule has 9 nitrogen and oxygen atoms in total. The molecule has 0 aliphatic heterocycles. The summed E-state index contributed by atoms with van der Waals surface area (Å²) >= 11 is 0. The normalized spacial score (nSPS) is 10.5. The van der Waals surface area contributed by atoms with Gasteiger partial charge in [-0.3, -0.25) is 9.78 Å². The van der Waals surface area contributed by atoms with Crippen LogP contribution in [-0.4, -0.2) is 30.6 Å². The van der Waals surface area contributed by atoms with Gasteiger partial charge in [0.1, 0.15) is 6.07 Å². The van der Waals surface area contributed by atoms with Crippen LogP contribution in [0.2, 0.25) is 0 Å². The number of nitrogens with one attached hydrogen (secondary N) is 1. The number of para-hydroxylation sites is 1. The number of carbonyl (C=O) groups is 1. The zero-order valence-electron chi connectivity index (χ0n) is 14.6. The van der Waals surface area contributed by atoms with Gasteiger partial charge in [0.05, 0.1) is 5.52 Å². The summed E-state index contributed by atoms with van der Waals surface area (Å²) in [4.78, 5) is 25.2. The number of nitrogen functional groups attached to an aromatic ring is 1. The molecular weight excluding hydrogens is 356 g/mol. The maximum Gasteiger partial charge on any atom is 0.274 e. The van der Waals surface area contributed by atoms with Crippen LogP contribution in [0, 0.1) is 11.3 Å². The third kappa shape index (κ3) is 3.10. The Bertz CT molecular complexity index is 1210. The number of nitrogens with zero attached hydrogens (tertiary/aromatic N) is 6. The van der Waals surface area contributed by atoms with E-state index in [4.69, 9.17) is 5.73 Å². The molecule has 0 aliphatic rings. The van der Waals surface area contributed by atoms with Crippen LogP contribution in [0.1, 0.15) is 21.7 Å². The molecule has 3 heterocycles. The van der Waals surface area contributed by atoms with Gasteiger partial charge in [-0.2, -0.15) is 10.4 Å². The van der Waals surface area contributed by atoms with Crippen molar-refractivity contribution >= 4 is 22.6 Å². The molecule has 0 fully saturated rings. The second-order valence-electron chi connectivity index (χ2n) is 5.87. The zero-order chi connectivity index (χ0) is 19.5. The number of anilines is 1. The van der Waals surface area contributed by atoms with Crippen molar-refractivity contribution in [3.05, 3.63) is 71.9 Å². The molecule has 3 aromatic heterocycles. The van der Waals surface area contributed by atoms with E-state index < -0.39 is 5.91 Å². The molecule has 0 aliphatic carbocycles. The summed E-state index contributed by atoms with van der Waals surface area (Å²) in [6, 6.07) is 13.1. The van der Waals surface area contributed by atoms with E-state index in [1.165, 1.54) is 10.9 Å². The lowest BCUT2D eigenvalue weighted by molar-refractivity contribution is 0.0946. The molecule has 0 radical (unpaired) electrons. The fourth-order valence-corrected chi connectivity index (χ4v) is 2.80. The van der Waals surface area contributed by atoms with Gasteiger partial charge in [-0.25, -0.2) is 14.6 Å². The molecule has 3 N–H and O–H groups in total. The van der Waals surface area contributed by atoms with Gasteiger partial charge >= 0.3 is 0 Å². The fourth-order valence-electron chi connectivity index (χ4n) is 2.80. The molecule has 0 bridgehead atoms. The summed E-state index contributed by atoms with van der Waals surface area (Å²) in [5, 5.41) is 17.1. The average molecular weight is 370 g/mol.